The molecule has 6 heteroatoms. The van der Waals surface area contributed by atoms with Crippen molar-refractivity contribution in [3.05, 3.63) is 36.5 Å². The molecule has 1 atom stereocenters. The Hall–Kier alpha value is -1.50. The molecule has 0 amide bonds. The van der Waals surface area contributed by atoms with Crippen molar-refractivity contribution in [2.24, 2.45) is 0 Å². The molecule has 1 unspecified atom stereocenters. The van der Waals surface area contributed by atoms with Gasteiger partial charge in [-0.15, -0.1) is 0 Å². The van der Waals surface area contributed by atoms with Crippen molar-refractivity contribution in [2.45, 2.75) is 30.2 Å². The Bertz CT molecular complexity index is 719. The Labute approximate surface area is 124 Å². The van der Waals surface area contributed by atoms with Crippen molar-refractivity contribution >= 4 is 20.9 Å². The molecule has 1 aromatic carbocycles. The van der Waals surface area contributed by atoms with Gasteiger partial charge in [0.25, 0.3) is 0 Å². The fourth-order valence-corrected chi connectivity index (χ4v) is 4.02. The van der Waals surface area contributed by atoms with Gasteiger partial charge in [0, 0.05) is 24.2 Å². The maximum absolute atomic E-state index is 12.5. The van der Waals surface area contributed by atoms with Crippen LogP contribution in [0.3, 0.4) is 0 Å². The fourth-order valence-electron chi connectivity index (χ4n) is 2.76. The normalized spacial score (nSPS) is 19.1. The average Bonchev–Trinajstić information content (AvgIpc) is 3.00. The minimum Gasteiger partial charge on any atom is -0.314 e. The van der Waals surface area contributed by atoms with Crippen LogP contribution in [0.2, 0.25) is 0 Å². The van der Waals surface area contributed by atoms with Crippen LogP contribution in [0.5, 0.6) is 0 Å². The number of aromatic nitrogens is 1. The first-order chi connectivity index (χ1) is 10.2. The minimum absolute atomic E-state index is 0.299. The van der Waals surface area contributed by atoms with Crippen LogP contribution in [0.4, 0.5) is 0 Å². The molecule has 2 aromatic rings. The lowest BCUT2D eigenvalue weighted by atomic mass is 10.2. The fraction of sp³-hybridized carbons (Fsp3) is 0.400. The van der Waals surface area contributed by atoms with E-state index in [9.17, 15) is 8.42 Å². The molecule has 3 rings (SSSR count). The number of nitrogens with zero attached hydrogens (tertiary/aromatic N) is 1. The van der Waals surface area contributed by atoms with Gasteiger partial charge in [-0.25, -0.2) is 13.1 Å². The molecule has 1 aromatic heterocycles. The van der Waals surface area contributed by atoms with Crippen molar-refractivity contribution in [3.8, 4) is 0 Å². The van der Waals surface area contributed by atoms with Crippen LogP contribution >= 0.6 is 0 Å². The van der Waals surface area contributed by atoms with Gasteiger partial charge in [-0.3, -0.25) is 4.98 Å². The van der Waals surface area contributed by atoms with E-state index in [1.807, 2.05) is 6.07 Å². The highest BCUT2D eigenvalue weighted by Gasteiger charge is 2.19. The number of fused-ring (bicyclic) bond motifs is 1. The first kappa shape index (κ1) is 14.4. The zero-order valence-electron chi connectivity index (χ0n) is 11.7. The third kappa shape index (κ3) is 3.23. The molecule has 1 aliphatic rings. The lowest BCUT2D eigenvalue weighted by Gasteiger charge is -2.12. The predicted molar refractivity (Wildman–Crippen MR) is 82.6 cm³/mol. The number of benzene rings is 1. The van der Waals surface area contributed by atoms with Crippen LogP contribution in [-0.2, 0) is 10.0 Å². The molecule has 1 saturated heterocycles. The third-order valence-electron chi connectivity index (χ3n) is 3.84. The van der Waals surface area contributed by atoms with E-state index < -0.39 is 10.0 Å². The largest absolute Gasteiger partial charge is 0.314 e. The topological polar surface area (TPSA) is 71.1 Å². The summed E-state index contributed by atoms with van der Waals surface area (Å²) < 4.78 is 27.6. The first-order valence-corrected chi connectivity index (χ1v) is 8.72. The zero-order valence-corrected chi connectivity index (χ0v) is 12.6. The summed E-state index contributed by atoms with van der Waals surface area (Å²) in [6, 6.07) is 9.14. The maximum Gasteiger partial charge on any atom is 0.241 e. The molecule has 2 heterocycles. The Morgan fingerprint density at radius 2 is 2.19 bits per heavy atom. The molecule has 112 valence electrons. The van der Waals surface area contributed by atoms with Gasteiger partial charge < -0.3 is 5.32 Å². The highest BCUT2D eigenvalue weighted by Crippen LogP contribution is 2.21. The van der Waals surface area contributed by atoms with E-state index in [1.165, 1.54) is 6.42 Å². The van der Waals surface area contributed by atoms with Gasteiger partial charge in [0.15, 0.2) is 0 Å². The predicted octanol–water partition coefficient (Wildman–Crippen LogP) is 1.66. The summed E-state index contributed by atoms with van der Waals surface area (Å²) in [7, 11) is -3.50. The van der Waals surface area contributed by atoms with Crippen LogP contribution in [0.1, 0.15) is 19.3 Å². The Kier molecular flexibility index (Phi) is 4.19. The number of rotatable bonds is 5. The van der Waals surface area contributed by atoms with Crippen molar-refractivity contribution in [1.82, 2.24) is 15.0 Å². The van der Waals surface area contributed by atoms with Crippen molar-refractivity contribution in [2.75, 3.05) is 13.1 Å². The lowest BCUT2D eigenvalue weighted by Crippen LogP contribution is -2.30. The average molecular weight is 305 g/mol. The van der Waals surface area contributed by atoms with Gasteiger partial charge in [0.1, 0.15) is 0 Å². The SMILES string of the molecule is O=S(=O)(NCCC1CCCN1)c1cccc2ncccc12. The van der Waals surface area contributed by atoms with Crippen molar-refractivity contribution in [1.29, 1.82) is 0 Å². The van der Waals surface area contributed by atoms with Crippen LogP contribution in [0.25, 0.3) is 10.9 Å². The molecule has 2 N–H and O–H groups in total. The summed E-state index contributed by atoms with van der Waals surface area (Å²) in [6.07, 6.45) is 4.78. The summed E-state index contributed by atoms with van der Waals surface area (Å²) in [5.74, 6) is 0. The minimum atomic E-state index is -3.50. The van der Waals surface area contributed by atoms with Gasteiger partial charge in [-0.2, -0.15) is 0 Å². The standard InChI is InChI=1S/C15H19N3O2S/c19-21(20,18-11-8-12-4-2-9-16-12)15-7-1-6-14-13(15)5-3-10-17-14/h1,3,5-7,10,12,16,18H,2,4,8-9,11H2. The molecule has 0 aliphatic carbocycles. The van der Waals surface area contributed by atoms with E-state index in [2.05, 4.69) is 15.0 Å². The Morgan fingerprint density at radius 1 is 1.29 bits per heavy atom. The van der Waals surface area contributed by atoms with Gasteiger partial charge in [-0.1, -0.05) is 6.07 Å². The monoisotopic (exact) mass is 305 g/mol. The van der Waals surface area contributed by atoms with E-state index in [0.29, 0.717) is 28.4 Å². The van der Waals surface area contributed by atoms with E-state index in [-0.39, 0.29) is 0 Å². The molecule has 0 bridgehead atoms. The van der Waals surface area contributed by atoms with Crippen molar-refractivity contribution in [3.63, 3.8) is 0 Å². The van der Waals surface area contributed by atoms with E-state index in [4.69, 9.17) is 0 Å². The summed E-state index contributed by atoms with van der Waals surface area (Å²) in [5, 5.41) is 4.03. The molecule has 5 nitrogen and oxygen atoms in total. The summed E-state index contributed by atoms with van der Waals surface area (Å²) in [6.45, 7) is 1.49. The molecular weight excluding hydrogens is 286 g/mol. The Morgan fingerprint density at radius 3 is 3.00 bits per heavy atom. The molecule has 1 fully saturated rings. The van der Waals surface area contributed by atoms with Gasteiger partial charge in [-0.05, 0) is 50.1 Å². The number of pyridine rings is 1. The smallest absolute Gasteiger partial charge is 0.241 e. The van der Waals surface area contributed by atoms with Gasteiger partial charge >= 0.3 is 0 Å². The van der Waals surface area contributed by atoms with E-state index in [1.54, 1.807) is 30.5 Å². The van der Waals surface area contributed by atoms with E-state index >= 15 is 0 Å². The first-order valence-electron chi connectivity index (χ1n) is 7.24. The zero-order chi connectivity index (χ0) is 14.7. The van der Waals surface area contributed by atoms with Crippen LogP contribution < -0.4 is 10.0 Å². The second-order valence-corrected chi connectivity index (χ2v) is 7.04. The number of hydrogen-bond acceptors (Lipinski definition) is 4. The van der Waals surface area contributed by atoms with Crippen LogP contribution in [0.15, 0.2) is 41.4 Å². The molecular formula is C15H19N3O2S. The maximum atomic E-state index is 12.5. The molecule has 0 radical (unpaired) electrons. The molecule has 0 spiro atoms. The molecule has 21 heavy (non-hydrogen) atoms. The van der Waals surface area contributed by atoms with E-state index in [0.717, 1.165) is 19.4 Å². The van der Waals surface area contributed by atoms with Crippen molar-refractivity contribution < 1.29 is 8.42 Å². The highest BCUT2D eigenvalue weighted by atomic mass is 32.2. The summed E-state index contributed by atoms with van der Waals surface area (Å²) >= 11 is 0. The quantitative estimate of drug-likeness (QED) is 0.881. The van der Waals surface area contributed by atoms with Gasteiger partial charge in [0.2, 0.25) is 10.0 Å². The van der Waals surface area contributed by atoms with Crippen LogP contribution in [-0.4, -0.2) is 32.5 Å². The van der Waals surface area contributed by atoms with Crippen LogP contribution in [0, 0.1) is 0 Å². The second-order valence-electron chi connectivity index (χ2n) is 5.31. The number of hydrogen-bond donors (Lipinski definition) is 2. The summed E-state index contributed by atoms with van der Waals surface area (Å²) in [4.78, 5) is 4.50. The Balaban J connectivity index is 1.76. The lowest BCUT2D eigenvalue weighted by molar-refractivity contribution is 0.540. The molecule has 0 saturated carbocycles. The number of nitrogens with one attached hydrogen (secondary N) is 2. The highest BCUT2D eigenvalue weighted by molar-refractivity contribution is 7.89. The third-order valence-corrected chi connectivity index (χ3v) is 5.36. The summed E-state index contributed by atoms with van der Waals surface area (Å²) in [5.41, 5.74) is 0.692. The number of sulfonamides is 1. The second kappa shape index (κ2) is 6.09. The molecule has 1 aliphatic heterocycles. The van der Waals surface area contributed by atoms with Gasteiger partial charge in [0.05, 0.1) is 10.4 Å².